The summed E-state index contributed by atoms with van der Waals surface area (Å²) in [6, 6.07) is 5.79. The van der Waals surface area contributed by atoms with Crippen LogP contribution in [0.3, 0.4) is 0 Å². The molecule has 0 radical (unpaired) electrons. The predicted octanol–water partition coefficient (Wildman–Crippen LogP) is 3.98. The Labute approximate surface area is 189 Å². The first-order chi connectivity index (χ1) is 12.9. The average molecular weight is 518 g/mol. The molecular formula is C20H31IN4O2S. The molecule has 6 nitrogen and oxygen atoms in total. The molecule has 0 spiro atoms. The minimum Gasteiger partial charge on any atom is -0.497 e. The maximum absolute atomic E-state index is 5.44. The number of rotatable bonds is 7. The number of guanidine groups is 1. The number of nitrogens with one attached hydrogen (secondary N) is 2. The Morgan fingerprint density at radius 2 is 1.93 bits per heavy atom. The number of aliphatic imine (C=N–C) groups is 1. The summed E-state index contributed by atoms with van der Waals surface area (Å²) in [6.45, 7) is 7.94. The van der Waals surface area contributed by atoms with E-state index in [4.69, 9.17) is 14.5 Å². The zero-order valence-electron chi connectivity index (χ0n) is 17.5. The third kappa shape index (κ3) is 7.12. The van der Waals surface area contributed by atoms with E-state index in [-0.39, 0.29) is 29.4 Å². The molecule has 2 N–H and O–H groups in total. The Morgan fingerprint density at radius 1 is 1.18 bits per heavy atom. The Balaban J connectivity index is 0.00000392. The molecule has 156 valence electrons. The Kier molecular flexibility index (Phi) is 10.0. The Morgan fingerprint density at radius 3 is 2.50 bits per heavy atom. The number of benzene rings is 1. The number of nitrogens with zero attached hydrogens (tertiary/aromatic N) is 2. The van der Waals surface area contributed by atoms with Gasteiger partial charge in [0.2, 0.25) is 0 Å². The molecule has 2 aromatic rings. The molecule has 0 fully saturated rings. The highest BCUT2D eigenvalue weighted by Gasteiger charge is 2.17. The summed E-state index contributed by atoms with van der Waals surface area (Å²) in [7, 11) is 5.07. The molecule has 0 atom stereocenters. The van der Waals surface area contributed by atoms with E-state index < -0.39 is 0 Å². The van der Waals surface area contributed by atoms with Crippen molar-refractivity contribution in [1.29, 1.82) is 0 Å². The first-order valence-corrected chi connectivity index (χ1v) is 9.85. The van der Waals surface area contributed by atoms with Crippen molar-refractivity contribution in [2.75, 3.05) is 27.8 Å². The van der Waals surface area contributed by atoms with Crippen molar-refractivity contribution in [2.24, 2.45) is 4.99 Å². The van der Waals surface area contributed by atoms with Crippen LogP contribution >= 0.6 is 35.3 Å². The molecule has 0 amide bonds. The van der Waals surface area contributed by atoms with Gasteiger partial charge in [0.1, 0.15) is 11.5 Å². The number of hydrogen-bond acceptors (Lipinski definition) is 5. The topological polar surface area (TPSA) is 67.8 Å². The standard InChI is InChI=1S/C20H30N4O2S.HI/c1-20(2,3)17-13-27-18(24-17)9-10-22-19(21-4)23-12-14-7-8-15(25-5)11-16(14)26-6;/h7-8,11,13H,9-10,12H2,1-6H3,(H2,21,22,23);1H. The van der Waals surface area contributed by atoms with Gasteiger partial charge in [-0.05, 0) is 12.1 Å². The lowest BCUT2D eigenvalue weighted by atomic mass is 9.93. The van der Waals surface area contributed by atoms with Gasteiger partial charge in [-0.15, -0.1) is 35.3 Å². The Hall–Kier alpha value is -1.55. The fourth-order valence-electron chi connectivity index (χ4n) is 2.46. The van der Waals surface area contributed by atoms with Crippen molar-refractivity contribution >= 4 is 41.3 Å². The van der Waals surface area contributed by atoms with Gasteiger partial charge in [-0.2, -0.15) is 0 Å². The maximum Gasteiger partial charge on any atom is 0.191 e. The van der Waals surface area contributed by atoms with E-state index in [0.29, 0.717) is 6.54 Å². The molecule has 8 heteroatoms. The predicted molar refractivity (Wildman–Crippen MR) is 128 cm³/mol. The number of thiazole rings is 1. The van der Waals surface area contributed by atoms with E-state index in [2.05, 4.69) is 41.8 Å². The summed E-state index contributed by atoms with van der Waals surface area (Å²) >= 11 is 1.71. The van der Waals surface area contributed by atoms with Gasteiger partial charge in [0, 0.05) is 49.0 Å². The van der Waals surface area contributed by atoms with Crippen LogP contribution in [0, 0.1) is 0 Å². The minimum atomic E-state index is 0. The van der Waals surface area contributed by atoms with Crippen LogP contribution in [0.2, 0.25) is 0 Å². The molecule has 0 bridgehead atoms. The van der Waals surface area contributed by atoms with Gasteiger partial charge >= 0.3 is 0 Å². The van der Waals surface area contributed by atoms with Gasteiger partial charge < -0.3 is 20.1 Å². The van der Waals surface area contributed by atoms with E-state index >= 15 is 0 Å². The monoisotopic (exact) mass is 518 g/mol. The lowest BCUT2D eigenvalue weighted by molar-refractivity contribution is 0.390. The van der Waals surface area contributed by atoms with Gasteiger partial charge in [-0.1, -0.05) is 20.8 Å². The summed E-state index contributed by atoms with van der Waals surface area (Å²) in [5, 5.41) is 9.94. The van der Waals surface area contributed by atoms with Crippen LogP contribution in [0.4, 0.5) is 0 Å². The largest absolute Gasteiger partial charge is 0.497 e. The summed E-state index contributed by atoms with van der Waals surface area (Å²) < 4.78 is 10.7. The SMILES string of the molecule is CN=C(NCCc1nc(C(C)(C)C)cs1)NCc1ccc(OC)cc1OC.I. The fourth-order valence-corrected chi connectivity index (χ4v) is 3.48. The molecule has 0 unspecified atom stereocenters. The highest BCUT2D eigenvalue weighted by molar-refractivity contribution is 14.0. The summed E-state index contributed by atoms with van der Waals surface area (Å²) in [6.07, 6.45) is 0.868. The van der Waals surface area contributed by atoms with Gasteiger partial charge in [0.25, 0.3) is 0 Å². The number of ether oxygens (including phenoxy) is 2. The van der Waals surface area contributed by atoms with E-state index in [1.165, 1.54) is 0 Å². The molecule has 1 aromatic heterocycles. The summed E-state index contributed by atoms with van der Waals surface area (Å²) in [5.41, 5.74) is 2.28. The molecule has 0 aliphatic heterocycles. The smallest absolute Gasteiger partial charge is 0.191 e. The number of methoxy groups -OCH3 is 2. The second kappa shape index (κ2) is 11.5. The number of hydrogen-bond donors (Lipinski definition) is 2. The van der Waals surface area contributed by atoms with Crippen LogP contribution in [0.5, 0.6) is 11.5 Å². The zero-order chi connectivity index (χ0) is 19.9. The van der Waals surface area contributed by atoms with E-state index in [1.54, 1.807) is 32.6 Å². The maximum atomic E-state index is 5.44. The van der Waals surface area contributed by atoms with Gasteiger partial charge in [0.15, 0.2) is 5.96 Å². The molecule has 28 heavy (non-hydrogen) atoms. The second-order valence-electron chi connectivity index (χ2n) is 7.16. The van der Waals surface area contributed by atoms with Crippen LogP contribution in [-0.4, -0.2) is 38.8 Å². The van der Waals surface area contributed by atoms with Crippen molar-refractivity contribution in [2.45, 2.75) is 39.2 Å². The van der Waals surface area contributed by atoms with Crippen LogP contribution in [0.1, 0.15) is 37.0 Å². The van der Waals surface area contributed by atoms with E-state index in [0.717, 1.165) is 46.7 Å². The molecular weight excluding hydrogens is 487 g/mol. The van der Waals surface area contributed by atoms with Crippen LogP contribution < -0.4 is 20.1 Å². The Bertz CT molecular complexity index is 772. The second-order valence-corrected chi connectivity index (χ2v) is 8.10. The molecule has 1 heterocycles. The number of aromatic nitrogens is 1. The first kappa shape index (κ1) is 24.5. The van der Waals surface area contributed by atoms with Crippen molar-refractivity contribution in [3.05, 3.63) is 39.8 Å². The first-order valence-electron chi connectivity index (χ1n) is 8.97. The van der Waals surface area contributed by atoms with E-state index in [1.807, 2.05) is 18.2 Å². The molecule has 0 saturated carbocycles. The van der Waals surface area contributed by atoms with Crippen LogP contribution in [0.15, 0.2) is 28.6 Å². The van der Waals surface area contributed by atoms with Crippen molar-refractivity contribution in [3.8, 4) is 11.5 Å². The van der Waals surface area contributed by atoms with Gasteiger partial charge in [0.05, 0.1) is 24.9 Å². The fraction of sp³-hybridized carbons (Fsp3) is 0.500. The highest BCUT2D eigenvalue weighted by Crippen LogP contribution is 2.25. The molecule has 0 saturated heterocycles. The van der Waals surface area contributed by atoms with Crippen molar-refractivity contribution in [3.63, 3.8) is 0 Å². The van der Waals surface area contributed by atoms with E-state index in [9.17, 15) is 0 Å². The van der Waals surface area contributed by atoms with Crippen LogP contribution in [-0.2, 0) is 18.4 Å². The molecule has 1 aromatic carbocycles. The normalized spacial score (nSPS) is 11.6. The number of halogens is 1. The third-order valence-electron chi connectivity index (χ3n) is 4.12. The van der Waals surface area contributed by atoms with Crippen molar-refractivity contribution < 1.29 is 9.47 Å². The molecule has 2 rings (SSSR count). The lowest BCUT2D eigenvalue weighted by Gasteiger charge is -2.15. The lowest BCUT2D eigenvalue weighted by Crippen LogP contribution is -2.37. The molecule has 0 aliphatic rings. The average Bonchev–Trinajstić information content (AvgIpc) is 3.13. The van der Waals surface area contributed by atoms with Crippen LogP contribution in [0.25, 0.3) is 0 Å². The quantitative estimate of drug-likeness (QED) is 0.330. The summed E-state index contributed by atoms with van der Waals surface area (Å²) in [4.78, 5) is 9.01. The van der Waals surface area contributed by atoms with Crippen molar-refractivity contribution in [1.82, 2.24) is 15.6 Å². The van der Waals surface area contributed by atoms with Gasteiger partial charge in [-0.25, -0.2) is 4.98 Å². The third-order valence-corrected chi connectivity index (χ3v) is 5.02. The minimum absolute atomic E-state index is 0. The molecule has 0 aliphatic carbocycles. The summed E-state index contributed by atoms with van der Waals surface area (Å²) in [5.74, 6) is 2.31. The van der Waals surface area contributed by atoms with Gasteiger partial charge in [-0.3, -0.25) is 4.99 Å². The highest BCUT2D eigenvalue weighted by atomic mass is 127. The zero-order valence-corrected chi connectivity index (χ0v) is 20.6.